The third-order valence-electron chi connectivity index (χ3n) is 1.52. The third-order valence-corrected chi connectivity index (χ3v) is 1.52. The summed E-state index contributed by atoms with van der Waals surface area (Å²) in [4.78, 5) is 4.12. The molecule has 2 aromatic rings. The Morgan fingerprint density at radius 2 is 1.71 bits per heavy atom. The van der Waals surface area contributed by atoms with Gasteiger partial charge in [-0.15, -0.1) is 0 Å². The largest absolute Gasteiger partial charge is 0.258 e. The van der Waals surface area contributed by atoms with Crippen molar-refractivity contribution in [1.82, 2.24) is 14.6 Å². The molecule has 0 aliphatic rings. The molecule has 3 heteroatoms. The monoisotopic (exact) mass is 193 g/mol. The first-order valence-electron chi connectivity index (χ1n) is 5.13. The number of aromatic nitrogens is 3. The highest BCUT2D eigenvalue weighted by Gasteiger charge is 1.94. The Morgan fingerprint density at radius 3 is 2.29 bits per heavy atom. The predicted octanol–water partition coefficient (Wildman–Crippen LogP) is 3.09. The Kier molecular flexibility index (Phi) is 6.37. The average Bonchev–Trinajstić information content (AvgIpc) is 2.73. The first-order valence-corrected chi connectivity index (χ1v) is 5.13. The van der Waals surface area contributed by atoms with E-state index in [2.05, 4.69) is 10.1 Å². The minimum Gasteiger partial charge on any atom is -0.258 e. The van der Waals surface area contributed by atoms with Crippen molar-refractivity contribution in [2.24, 2.45) is 0 Å². The summed E-state index contributed by atoms with van der Waals surface area (Å²) in [6.07, 6.45) is 5.35. The molecule has 0 bridgehead atoms. The van der Waals surface area contributed by atoms with Crippen molar-refractivity contribution in [2.45, 2.75) is 34.6 Å². The molecule has 2 heterocycles. The number of hydrogen-bond donors (Lipinski definition) is 0. The Balaban J connectivity index is 0.000000379. The summed E-state index contributed by atoms with van der Waals surface area (Å²) in [6.45, 7) is 9.97. The smallest absolute Gasteiger partial charge is 0.0873 e. The van der Waals surface area contributed by atoms with Gasteiger partial charge in [0.1, 0.15) is 0 Å². The Bertz CT molecular complexity index is 352. The van der Waals surface area contributed by atoms with Crippen LogP contribution in [-0.4, -0.2) is 14.6 Å². The van der Waals surface area contributed by atoms with Crippen LogP contribution in [-0.2, 0) is 0 Å². The highest BCUT2D eigenvalue weighted by Crippen LogP contribution is 2.03. The first kappa shape index (κ1) is 12.6. The fourth-order valence-corrected chi connectivity index (χ4v) is 0.994. The van der Waals surface area contributed by atoms with Crippen LogP contribution in [0.2, 0.25) is 0 Å². The van der Waals surface area contributed by atoms with Crippen LogP contribution in [0.5, 0.6) is 0 Å². The van der Waals surface area contributed by atoms with Crippen molar-refractivity contribution < 1.29 is 0 Å². The van der Waals surface area contributed by atoms with E-state index >= 15 is 0 Å². The second kappa shape index (κ2) is 7.06. The number of hydrogen-bond acceptors (Lipinski definition) is 2. The maximum absolute atomic E-state index is 4.12. The minimum absolute atomic E-state index is 1.01. The topological polar surface area (TPSA) is 30.2 Å². The molecule has 0 radical (unpaired) electrons. The van der Waals surface area contributed by atoms with Crippen LogP contribution in [0.1, 0.15) is 33.4 Å². The standard InChI is InChI=1S/C7H7N3.2C2H6/c1-6-7-2-3-9-10(7)5-4-8-6;2*1-2/h2-5H,1H3;2*1-2H3. The van der Waals surface area contributed by atoms with E-state index < -0.39 is 0 Å². The van der Waals surface area contributed by atoms with Crippen LogP contribution in [0.25, 0.3) is 5.52 Å². The molecule has 0 aromatic carbocycles. The summed E-state index contributed by atoms with van der Waals surface area (Å²) < 4.78 is 1.81. The summed E-state index contributed by atoms with van der Waals surface area (Å²) in [5, 5.41) is 4.06. The molecule has 78 valence electrons. The number of rotatable bonds is 0. The van der Waals surface area contributed by atoms with Gasteiger partial charge in [0.25, 0.3) is 0 Å². The van der Waals surface area contributed by atoms with Crippen molar-refractivity contribution in [1.29, 1.82) is 0 Å². The van der Waals surface area contributed by atoms with Gasteiger partial charge in [-0.25, -0.2) is 4.52 Å². The molecule has 0 amide bonds. The van der Waals surface area contributed by atoms with E-state index in [-0.39, 0.29) is 0 Å². The fraction of sp³-hybridized carbons (Fsp3) is 0.455. The molecule has 2 rings (SSSR count). The van der Waals surface area contributed by atoms with Gasteiger partial charge in [0.05, 0.1) is 17.4 Å². The van der Waals surface area contributed by atoms with Gasteiger partial charge < -0.3 is 0 Å². The molecule has 0 N–H and O–H groups in total. The predicted molar refractivity (Wildman–Crippen MR) is 60.4 cm³/mol. The van der Waals surface area contributed by atoms with Crippen molar-refractivity contribution in [2.75, 3.05) is 0 Å². The maximum Gasteiger partial charge on any atom is 0.0873 e. The second-order valence-electron chi connectivity index (χ2n) is 2.17. The molecule has 0 unspecified atom stereocenters. The molecule has 3 nitrogen and oxygen atoms in total. The normalized spacial score (nSPS) is 8.36. The molecule has 0 saturated carbocycles. The first-order chi connectivity index (χ1) is 6.88. The van der Waals surface area contributed by atoms with Crippen LogP contribution in [0.15, 0.2) is 24.7 Å². The Labute approximate surface area is 85.8 Å². The SMILES string of the molecule is CC.CC.Cc1nccn2nccc12. The summed E-state index contributed by atoms with van der Waals surface area (Å²) >= 11 is 0. The summed E-state index contributed by atoms with van der Waals surface area (Å²) in [6, 6.07) is 1.95. The zero-order valence-electron chi connectivity index (χ0n) is 9.65. The van der Waals surface area contributed by atoms with E-state index in [9.17, 15) is 0 Å². The van der Waals surface area contributed by atoms with E-state index in [1.165, 1.54) is 0 Å². The summed E-state index contributed by atoms with van der Waals surface area (Å²) in [5.41, 5.74) is 2.09. The second-order valence-corrected chi connectivity index (χ2v) is 2.17. The Hall–Kier alpha value is -1.38. The quantitative estimate of drug-likeness (QED) is 0.643. The molecule has 0 aliphatic carbocycles. The lowest BCUT2D eigenvalue weighted by atomic mass is 10.4. The molecular weight excluding hydrogens is 174 g/mol. The van der Waals surface area contributed by atoms with E-state index in [4.69, 9.17) is 0 Å². The van der Waals surface area contributed by atoms with Gasteiger partial charge in [-0.05, 0) is 13.0 Å². The lowest BCUT2D eigenvalue weighted by Crippen LogP contribution is -1.89. The summed E-state index contributed by atoms with van der Waals surface area (Å²) in [7, 11) is 0. The van der Waals surface area contributed by atoms with E-state index in [0.29, 0.717) is 0 Å². The summed E-state index contributed by atoms with van der Waals surface area (Å²) in [5.74, 6) is 0. The van der Waals surface area contributed by atoms with Gasteiger partial charge in [0.15, 0.2) is 0 Å². The van der Waals surface area contributed by atoms with Crippen molar-refractivity contribution in [3.8, 4) is 0 Å². The Morgan fingerprint density at radius 1 is 1.07 bits per heavy atom. The van der Waals surface area contributed by atoms with Gasteiger partial charge in [-0.2, -0.15) is 5.10 Å². The average molecular weight is 193 g/mol. The molecular formula is C11H19N3. The van der Waals surface area contributed by atoms with E-state index in [1.807, 2.05) is 51.4 Å². The highest BCUT2D eigenvalue weighted by atomic mass is 15.2. The van der Waals surface area contributed by atoms with Crippen LogP contribution in [0.4, 0.5) is 0 Å². The van der Waals surface area contributed by atoms with Crippen LogP contribution < -0.4 is 0 Å². The van der Waals surface area contributed by atoms with Gasteiger partial charge in [0.2, 0.25) is 0 Å². The van der Waals surface area contributed by atoms with E-state index in [1.54, 1.807) is 12.4 Å². The van der Waals surface area contributed by atoms with Crippen LogP contribution in [0, 0.1) is 6.92 Å². The molecule has 14 heavy (non-hydrogen) atoms. The van der Waals surface area contributed by atoms with Gasteiger partial charge in [-0.1, -0.05) is 27.7 Å². The molecule has 2 aromatic heterocycles. The van der Waals surface area contributed by atoms with Gasteiger partial charge >= 0.3 is 0 Å². The molecule has 0 fully saturated rings. The third kappa shape index (κ3) is 2.83. The molecule has 0 saturated heterocycles. The van der Waals surface area contributed by atoms with Crippen molar-refractivity contribution in [3.05, 3.63) is 30.4 Å². The lowest BCUT2D eigenvalue weighted by Gasteiger charge is -1.93. The van der Waals surface area contributed by atoms with Gasteiger partial charge in [-0.3, -0.25) is 4.98 Å². The molecule has 0 aliphatic heterocycles. The van der Waals surface area contributed by atoms with Crippen molar-refractivity contribution in [3.63, 3.8) is 0 Å². The number of aryl methyl sites for hydroxylation is 1. The maximum atomic E-state index is 4.12. The number of nitrogens with zero attached hydrogens (tertiary/aromatic N) is 3. The number of fused-ring (bicyclic) bond motifs is 1. The van der Waals surface area contributed by atoms with Crippen LogP contribution >= 0.6 is 0 Å². The van der Waals surface area contributed by atoms with Crippen LogP contribution in [0.3, 0.4) is 0 Å². The minimum atomic E-state index is 1.01. The molecule has 0 atom stereocenters. The zero-order valence-corrected chi connectivity index (χ0v) is 9.65. The highest BCUT2D eigenvalue weighted by molar-refractivity contribution is 5.48. The van der Waals surface area contributed by atoms with E-state index in [0.717, 1.165) is 11.2 Å². The lowest BCUT2D eigenvalue weighted by molar-refractivity contribution is 0.934. The van der Waals surface area contributed by atoms with Crippen molar-refractivity contribution >= 4 is 5.52 Å². The zero-order chi connectivity index (χ0) is 11.0. The molecule has 0 spiro atoms. The van der Waals surface area contributed by atoms with Gasteiger partial charge in [0, 0.05) is 12.4 Å². The fourth-order valence-electron chi connectivity index (χ4n) is 0.994.